The van der Waals surface area contributed by atoms with E-state index in [0.29, 0.717) is 17.1 Å². The lowest BCUT2D eigenvalue weighted by molar-refractivity contribution is 0.0738. The van der Waals surface area contributed by atoms with Crippen molar-refractivity contribution >= 4 is 11.5 Å². The number of carbonyl (C=O) groups excluding carboxylic acids is 1. The summed E-state index contributed by atoms with van der Waals surface area (Å²) in [5.74, 6) is 0.274. The molecule has 0 saturated carbocycles. The molecular weight excluding hydrogens is 386 g/mol. The first-order chi connectivity index (χ1) is 15.0. The van der Waals surface area contributed by atoms with Crippen LogP contribution in [0.5, 0.6) is 5.88 Å². The molecule has 1 amide bonds. The number of amides is 1. The van der Waals surface area contributed by atoms with Crippen LogP contribution in [0.25, 0.3) is 11.3 Å². The summed E-state index contributed by atoms with van der Waals surface area (Å²) in [4.78, 5) is 15.5. The Morgan fingerprint density at radius 2 is 1.68 bits per heavy atom. The van der Waals surface area contributed by atoms with E-state index in [2.05, 4.69) is 0 Å². The van der Waals surface area contributed by atoms with Crippen LogP contribution in [-0.2, 0) is 0 Å². The number of benzene rings is 2. The molecule has 0 N–H and O–H groups in total. The third kappa shape index (κ3) is 4.45. The number of para-hydroxylation sites is 1. The zero-order valence-corrected chi connectivity index (χ0v) is 18.7. The molecule has 0 saturated heterocycles. The Morgan fingerprint density at radius 1 is 1.06 bits per heavy atom. The highest BCUT2D eigenvalue weighted by atomic mass is 16.5. The Kier molecular flexibility index (Phi) is 7.08. The number of hydrogen-bond donors (Lipinski definition) is 0. The molecule has 3 aromatic rings. The van der Waals surface area contributed by atoms with Crippen molar-refractivity contribution in [2.45, 2.75) is 26.8 Å². The van der Waals surface area contributed by atoms with E-state index < -0.39 is 0 Å². The minimum atomic E-state index is -0.144. The van der Waals surface area contributed by atoms with Gasteiger partial charge in [-0.3, -0.25) is 4.79 Å². The first-order valence-electron chi connectivity index (χ1n) is 10.4. The van der Waals surface area contributed by atoms with Gasteiger partial charge < -0.3 is 9.64 Å². The number of methoxy groups -OCH3 is 1. The summed E-state index contributed by atoms with van der Waals surface area (Å²) in [6, 6.07) is 19.6. The smallest absolute Gasteiger partial charge is 0.261 e. The van der Waals surface area contributed by atoms with Gasteiger partial charge in [0.25, 0.3) is 5.91 Å². The molecule has 0 fully saturated rings. The largest absolute Gasteiger partial charge is 0.480 e. The second kappa shape index (κ2) is 9.94. The fourth-order valence-electron chi connectivity index (χ4n) is 3.53. The molecule has 1 atom stereocenters. The lowest BCUT2D eigenvalue weighted by atomic mass is 10.0. The monoisotopic (exact) mass is 415 g/mol. The lowest BCUT2D eigenvalue weighted by Gasteiger charge is -2.25. The average Bonchev–Trinajstić information content (AvgIpc) is 3.21. The van der Waals surface area contributed by atoms with E-state index in [0.717, 1.165) is 16.8 Å². The van der Waals surface area contributed by atoms with Crippen LogP contribution in [0.1, 0.15) is 48.4 Å². The first-order valence-corrected chi connectivity index (χ1v) is 10.4. The minimum absolute atomic E-state index is 0.109. The van der Waals surface area contributed by atoms with E-state index in [-0.39, 0.29) is 11.9 Å². The quantitative estimate of drug-likeness (QED) is 0.466. The standard InChI is InChI=1S/C26H29N3O2/c1-6-14-20(7-2)24-23(25(30)28(4)19(3)21-15-10-8-11-16-21)26(31-5)29(27-24)22-17-12-9-13-18-22/h6-19H,1-5H3/b14-6-,20-7+. The van der Waals surface area contributed by atoms with Crippen molar-refractivity contribution in [1.29, 1.82) is 0 Å². The van der Waals surface area contributed by atoms with Gasteiger partial charge in [-0.1, -0.05) is 66.8 Å². The Bertz CT molecular complexity index is 1080. The van der Waals surface area contributed by atoms with Crippen molar-refractivity contribution in [2.75, 3.05) is 14.2 Å². The predicted octanol–water partition coefficient (Wildman–Crippen LogP) is 5.69. The molecule has 5 heteroatoms. The molecule has 1 heterocycles. The molecule has 0 aliphatic rings. The zero-order chi connectivity index (χ0) is 22.4. The van der Waals surface area contributed by atoms with Gasteiger partial charge in [-0.05, 0) is 44.0 Å². The molecular formula is C26H29N3O2. The van der Waals surface area contributed by atoms with Gasteiger partial charge >= 0.3 is 0 Å². The molecule has 2 aromatic carbocycles. The SMILES string of the molecule is C/C=C\C(=C/C)c1nn(-c2ccccc2)c(OC)c1C(=O)N(C)C(C)c1ccccc1. The van der Waals surface area contributed by atoms with Gasteiger partial charge in [0.2, 0.25) is 5.88 Å². The second-order valence-electron chi connectivity index (χ2n) is 7.23. The van der Waals surface area contributed by atoms with E-state index in [1.54, 1.807) is 16.7 Å². The number of aromatic nitrogens is 2. The van der Waals surface area contributed by atoms with E-state index in [1.165, 1.54) is 0 Å². The molecule has 0 bridgehead atoms. The summed E-state index contributed by atoms with van der Waals surface area (Å²) in [6.07, 6.45) is 5.84. The van der Waals surface area contributed by atoms with E-state index in [9.17, 15) is 4.79 Å². The first kappa shape index (κ1) is 22.1. The molecule has 31 heavy (non-hydrogen) atoms. The third-order valence-electron chi connectivity index (χ3n) is 5.36. The molecule has 1 unspecified atom stereocenters. The fourth-order valence-corrected chi connectivity index (χ4v) is 3.53. The number of allylic oxidation sites excluding steroid dienone is 4. The van der Waals surface area contributed by atoms with Crippen LogP contribution >= 0.6 is 0 Å². The minimum Gasteiger partial charge on any atom is -0.480 e. The van der Waals surface area contributed by atoms with Gasteiger partial charge in [0.15, 0.2) is 0 Å². The summed E-state index contributed by atoms with van der Waals surface area (Å²) >= 11 is 0. The normalized spacial score (nSPS) is 12.7. The van der Waals surface area contributed by atoms with E-state index in [1.807, 2.05) is 107 Å². The maximum Gasteiger partial charge on any atom is 0.261 e. The fraction of sp³-hybridized carbons (Fsp3) is 0.231. The highest BCUT2D eigenvalue weighted by molar-refractivity contribution is 6.02. The molecule has 0 spiro atoms. The maximum atomic E-state index is 13.8. The summed E-state index contributed by atoms with van der Waals surface area (Å²) in [7, 11) is 3.39. The molecule has 3 rings (SSSR count). The van der Waals surface area contributed by atoms with Crippen LogP contribution in [0, 0.1) is 0 Å². The summed E-state index contributed by atoms with van der Waals surface area (Å²) < 4.78 is 7.43. The Labute approximate surface area is 184 Å². The molecule has 0 radical (unpaired) electrons. The van der Waals surface area contributed by atoms with Crippen molar-refractivity contribution in [3.63, 3.8) is 0 Å². The van der Waals surface area contributed by atoms with Crippen LogP contribution < -0.4 is 4.74 Å². The van der Waals surface area contributed by atoms with Crippen LogP contribution in [0.15, 0.2) is 78.9 Å². The number of ether oxygens (including phenoxy) is 1. The molecule has 160 valence electrons. The Hall–Kier alpha value is -3.60. The van der Waals surface area contributed by atoms with Crippen LogP contribution in [0.3, 0.4) is 0 Å². The third-order valence-corrected chi connectivity index (χ3v) is 5.36. The topological polar surface area (TPSA) is 47.4 Å². The molecule has 5 nitrogen and oxygen atoms in total. The van der Waals surface area contributed by atoms with Crippen molar-refractivity contribution in [1.82, 2.24) is 14.7 Å². The van der Waals surface area contributed by atoms with E-state index in [4.69, 9.17) is 9.84 Å². The van der Waals surface area contributed by atoms with Crippen molar-refractivity contribution in [2.24, 2.45) is 0 Å². The predicted molar refractivity (Wildman–Crippen MR) is 126 cm³/mol. The highest BCUT2D eigenvalue weighted by Gasteiger charge is 2.30. The van der Waals surface area contributed by atoms with Crippen molar-refractivity contribution < 1.29 is 9.53 Å². The van der Waals surface area contributed by atoms with Crippen molar-refractivity contribution in [3.05, 3.63) is 95.7 Å². The zero-order valence-electron chi connectivity index (χ0n) is 18.7. The number of rotatable bonds is 7. The van der Waals surface area contributed by atoms with Gasteiger partial charge in [-0.25, -0.2) is 0 Å². The van der Waals surface area contributed by atoms with Crippen LogP contribution in [0.4, 0.5) is 0 Å². The van der Waals surface area contributed by atoms with Gasteiger partial charge in [-0.15, -0.1) is 0 Å². The Balaban J connectivity index is 2.17. The second-order valence-corrected chi connectivity index (χ2v) is 7.23. The molecule has 0 aliphatic heterocycles. The van der Waals surface area contributed by atoms with Gasteiger partial charge in [0, 0.05) is 7.05 Å². The maximum absolute atomic E-state index is 13.8. The summed E-state index contributed by atoms with van der Waals surface area (Å²) in [6.45, 7) is 5.90. The van der Waals surface area contributed by atoms with Crippen LogP contribution in [-0.4, -0.2) is 34.7 Å². The van der Waals surface area contributed by atoms with Gasteiger partial charge in [0.1, 0.15) is 11.3 Å². The van der Waals surface area contributed by atoms with Gasteiger partial charge in [-0.2, -0.15) is 9.78 Å². The van der Waals surface area contributed by atoms with E-state index >= 15 is 0 Å². The number of nitrogens with zero attached hydrogens (tertiary/aromatic N) is 3. The van der Waals surface area contributed by atoms with Crippen molar-refractivity contribution in [3.8, 4) is 11.6 Å². The van der Waals surface area contributed by atoms with Gasteiger partial charge in [0.05, 0.1) is 18.8 Å². The number of carbonyl (C=O) groups is 1. The highest BCUT2D eigenvalue weighted by Crippen LogP contribution is 2.33. The van der Waals surface area contributed by atoms with Crippen LogP contribution in [0.2, 0.25) is 0 Å². The Morgan fingerprint density at radius 3 is 2.23 bits per heavy atom. The molecule has 0 aliphatic carbocycles. The molecule has 1 aromatic heterocycles. The average molecular weight is 416 g/mol. The number of hydrogen-bond acceptors (Lipinski definition) is 3. The lowest BCUT2D eigenvalue weighted by Crippen LogP contribution is -2.30. The summed E-state index contributed by atoms with van der Waals surface area (Å²) in [5, 5.41) is 4.80. The summed E-state index contributed by atoms with van der Waals surface area (Å²) in [5.41, 5.74) is 3.80.